The zero-order valence-electron chi connectivity index (χ0n) is 18.0. The molecule has 168 valence electrons. The average Bonchev–Trinajstić information content (AvgIpc) is 2.75. The molecule has 3 fully saturated rings. The highest BCUT2D eigenvalue weighted by Gasteiger charge is 2.34. The van der Waals surface area contributed by atoms with Gasteiger partial charge >= 0.3 is 0 Å². The summed E-state index contributed by atoms with van der Waals surface area (Å²) in [4.78, 5) is 0. The number of aliphatic hydroxyl groups is 1. The molecule has 3 aliphatic carbocycles. The number of rotatable bonds is 8. The standard InChI is InChI=1S/C23H41F2N3O/c1-2-22(28-23(29)27-19-10-11-20(24)21(25)13-19)17-8-6-16(7-9-17)18-5-3-4-15(12-18)14-26/h14-23,26-29H,2-13H2,1H3. The van der Waals surface area contributed by atoms with E-state index in [1.165, 1.54) is 51.4 Å². The molecule has 0 amide bonds. The summed E-state index contributed by atoms with van der Waals surface area (Å²) in [5, 5.41) is 24.4. The molecule has 0 aromatic heterocycles. The third-order valence-corrected chi connectivity index (χ3v) is 7.94. The number of halogens is 2. The summed E-state index contributed by atoms with van der Waals surface area (Å²) in [6.45, 7) is 2.15. The van der Waals surface area contributed by atoms with Gasteiger partial charge in [-0.25, -0.2) is 8.78 Å². The van der Waals surface area contributed by atoms with Crippen LogP contribution in [0, 0.1) is 29.1 Å². The molecule has 0 heterocycles. The van der Waals surface area contributed by atoms with Crippen LogP contribution >= 0.6 is 0 Å². The van der Waals surface area contributed by atoms with Gasteiger partial charge in [0.15, 0.2) is 6.35 Å². The molecule has 0 saturated heterocycles. The van der Waals surface area contributed by atoms with Gasteiger partial charge in [0.05, 0.1) is 0 Å². The van der Waals surface area contributed by atoms with Gasteiger partial charge in [-0.3, -0.25) is 10.6 Å². The van der Waals surface area contributed by atoms with Crippen molar-refractivity contribution in [2.45, 2.75) is 115 Å². The van der Waals surface area contributed by atoms with Gasteiger partial charge in [0.2, 0.25) is 0 Å². The zero-order valence-corrected chi connectivity index (χ0v) is 18.0. The lowest BCUT2D eigenvalue weighted by Crippen LogP contribution is -2.54. The highest BCUT2D eigenvalue weighted by Crippen LogP contribution is 2.42. The number of alkyl halides is 2. The molecular weight excluding hydrogens is 372 g/mol. The molecule has 3 saturated carbocycles. The van der Waals surface area contributed by atoms with Gasteiger partial charge in [-0.2, -0.15) is 0 Å². The minimum atomic E-state index is -1.42. The molecule has 7 atom stereocenters. The van der Waals surface area contributed by atoms with E-state index in [1.54, 1.807) is 6.21 Å². The van der Waals surface area contributed by atoms with Gasteiger partial charge in [0, 0.05) is 12.1 Å². The summed E-state index contributed by atoms with van der Waals surface area (Å²) >= 11 is 0. The molecule has 0 spiro atoms. The van der Waals surface area contributed by atoms with Crippen molar-refractivity contribution in [2.75, 3.05) is 0 Å². The van der Waals surface area contributed by atoms with Crippen LogP contribution in [0.2, 0.25) is 0 Å². The van der Waals surface area contributed by atoms with E-state index in [0.717, 1.165) is 18.3 Å². The van der Waals surface area contributed by atoms with Crippen molar-refractivity contribution in [3.8, 4) is 0 Å². The Kier molecular flexibility index (Phi) is 8.87. The summed E-state index contributed by atoms with van der Waals surface area (Å²) in [5.74, 6) is 2.64. The van der Waals surface area contributed by atoms with Crippen molar-refractivity contribution >= 4 is 6.21 Å². The van der Waals surface area contributed by atoms with E-state index in [-0.39, 0.29) is 24.9 Å². The first-order chi connectivity index (χ1) is 14.0. The van der Waals surface area contributed by atoms with Crippen LogP contribution in [0.25, 0.3) is 0 Å². The lowest BCUT2D eigenvalue weighted by atomic mass is 9.68. The van der Waals surface area contributed by atoms with E-state index in [1.807, 2.05) is 0 Å². The first-order valence-corrected chi connectivity index (χ1v) is 12.0. The smallest absolute Gasteiger partial charge is 0.160 e. The molecular formula is C23H41F2N3O. The number of aliphatic hydroxyl groups excluding tert-OH is 1. The second kappa shape index (κ2) is 11.1. The van der Waals surface area contributed by atoms with Crippen LogP contribution in [0.1, 0.15) is 84.0 Å². The van der Waals surface area contributed by atoms with E-state index in [2.05, 4.69) is 17.6 Å². The SMILES string of the molecule is CCC(NC(O)NC1CCC(F)C(F)C1)C1CCC(C2CCCC(C=N)C2)CC1. The molecule has 7 unspecified atom stereocenters. The molecule has 0 bridgehead atoms. The minimum Gasteiger partial charge on any atom is -0.365 e. The molecule has 3 aliphatic rings. The van der Waals surface area contributed by atoms with Gasteiger partial charge in [-0.1, -0.05) is 19.8 Å². The normalized spacial score (nSPS) is 40.9. The summed E-state index contributed by atoms with van der Waals surface area (Å²) < 4.78 is 26.9. The fourth-order valence-electron chi connectivity index (χ4n) is 6.16. The Hall–Kier alpha value is -0.590. The Balaban J connectivity index is 1.42. The minimum absolute atomic E-state index is 0.139. The van der Waals surface area contributed by atoms with Crippen molar-refractivity contribution in [3.63, 3.8) is 0 Å². The Morgan fingerprint density at radius 3 is 2.38 bits per heavy atom. The fourth-order valence-corrected chi connectivity index (χ4v) is 6.16. The maximum absolute atomic E-state index is 13.6. The van der Waals surface area contributed by atoms with Crippen LogP contribution in [-0.2, 0) is 0 Å². The lowest BCUT2D eigenvalue weighted by Gasteiger charge is -2.40. The Morgan fingerprint density at radius 2 is 1.72 bits per heavy atom. The van der Waals surface area contributed by atoms with Gasteiger partial charge in [-0.15, -0.1) is 0 Å². The summed E-state index contributed by atoms with van der Waals surface area (Å²) in [5.41, 5.74) is 0. The highest BCUT2D eigenvalue weighted by molar-refractivity contribution is 5.56. The van der Waals surface area contributed by atoms with E-state index in [4.69, 9.17) is 5.41 Å². The Bertz CT molecular complexity index is 501. The van der Waals surface area contributed by atoms with E-state index < -0.39 is 18.7 Å². The number of hydrogen-bond acceptors (Lipinski definition) is 4. The third kappa shape index (κ3) is 6.44. The second-order valence-corrected chi connectivity index (χ2v) is 9.82. The molecule has 3 rings (SSSR count). The molecule has 0 radical (unpaired) electrons. The molecule has 4 N–H and O–H groups in total. The maximum Gasteiger partial charge on any atom is 0.160 e. The van der Waals surface area contributed by atoms with E-state index >= 15 is 0 Å². The van der Waals surface area contributed by atoms with Crippen LogP contribution in [0.4, 0.5) is 8.78 Å². The quantitative estimate of drug-likeness (QED) is 0.344. The monoisotopic (exact) mass is 413 g/mol. The molecule has 29 heavy (non-hydrogen) atoms. The van der Waals surface area contributed by atoms with Gasteiger partial charge < -0.3 is 10.5 Å². The largest absolute Gasteiger partial charge is 0.365 e. The van der Waals surface area contributed by atoms with Crippen molar-refractivity contribution < 1.29 is 13.9 Å². The van der Waals surface area contributed by atoms with Crippen LogP contribution in [0.15, 0.2) is 0 Å². The Labute approximate surface area is 175 Å². The second-order valence-electron chi connectivity index (χ2n) is 9.82. The average molecular weight is 414 g/mol. The summed E-state index contributed by atoms with van der Waals surface area (Å²) in [6.07, 6.45) is 9.80. The fraction of sp³-hybridized carbons (Fsp3) is 0.957. The van der Waals surface area contributed by atoms with Crippen LogP contribution in [-0.4, -0.2) is 42.1 Å². The van der Waals surface area contributed by atoms with Crippen molar-refractivity contribution in [2.24, 2.45) is 23.7 Å². The first-order valence-electron chi connectivity index (χ1n) is 12.0. The Morgan fingerprint density at radius 1 is 0.966 bits per heavy atom. The molecule has 0 aliphatic heterocycles. The van der Waals surface area contributed by atoms with Gasteiger partial charge in [-0.05, 0) is 94.1 Å². The first kappa shape index (κ1) is 23.1. The number of hydrogen-bond donors (Lipinski definition) is 4. The summed E-state index contributed by atoms with van der Waals surface area (Å²) in [7, 11) is 0. The third-order valence-electron chi connectivity index (χ3n) is 7.94. The van der Waals surface area contributed by atoms with Crippen LogP contribution in [0.3, 0.4) is 0 Å². The predicted molar refractivity (Wildman–Crippen MR) is 113 cm³/mol. The molecule has 0 aromatic carbocycles. The van der Waals surface area contributed by atoms with Crippen LogP contribution in [0.5, 0.6) is 0 Å². The number of nitrogens with one attached hydrogen (secondary N) is 3. The molecule has 0 aromatic rings. The van der Waals surface area contributed by atoms with E-state index in [0.29, 0.717) is 18.3 Å². The zero-order chi connectivity index (χ0) is 20.8. The van der Waals surface area contributed by atoms with Crippen molar-refractivity contribution in [1.82, 2.24) is 10.6 Å². The van der Waals surface area contributed by atoms with Gasteiger partial charge in [0.25, 0.3) is 0 Å². The summed E-state index contributed by atoms with van der Waals surface area (Å²) in [6, 6.07) is 0.0821. The molecule has 4 nitrogen and oxygen atoms in total. The highest BCUT2D eigenvalue weighted by atomic mass is 19.2. The lowest BCUT2D eigenvalue weighted by molar-refractivity contribution is 0.0310. The molecule has 6 heteroatoms. The maximum atomic E-state index is 13.6. The topological polar surface area (TPSA) is 68.1 Å². The van der Waals surface area contributed by atoms with Gasteiger partial charge in [0.1, 0.15) is 12.3 Å². The van der Waals surface area contributed by atoms with E-state index in [9.17, 15) is 13.9 Å². The van der Waals surface area contributed by atoms with Crippen molar-refractivity contribution in [3.05, 3.63) is 0 Å². The predicted octanol–water partition coefficient (Wildman–Crippen LogP) is 4.71. The van der Waals surface area contributed by atoms with Crippen LogP contribution < -0.4 is 10.6 Å². The van der Waals surface area contributed by atoms with Crippen molar-refractivity contribution in [1.29, 1.82) is 5.41 Å².